The average Bonchev–Trinajstić information content (AvgIpc) is 2.98. The first-order valence-corrected chi connectivity index (χ1v) is 11.0. The molecule has 1 fully saturated rings. The molecule has 0 amide bonds. The summed E-state index contributed by atoms with van der Waals surface area (Å²) in [5.41, 5.74) is 2.52. The van der Waals surface area contributed by atoms with E-state index in [4.69, 9.17) is 0 Å². The Kier molecular flexibility index (Phi) is 5.61. The Labute approximate surface area is 191 Å². The van der Waals surface area contributed by atoms with Crippen LogP contribution in [-0.2, 0) is 0 Å². The lowest BCUT2D eigenvalue weighted by atomic mass is 9.63. The van der Waals surface area contributed by atoms with Gasteiger partial charge in [0.25, 0.3) is 0 Å². The SMILES string of the molecule is Cc1cc(F)c2nc(Nc3ccc(OC(F)(F)F)cc3)n(C3CC(C)(C)CC(C)(C)C3)c2c1. The van der Waals surface area contributed by atoms with Crippen molar-refractivity contribution in [1.29, 1.82) is 0 Å². The van der Waals surface area contributed by atoms with Crippen LogP contribution in [0, 0.1) is 23.6 Å². The van der Waals surface area contributed by atoms with Crippen LogP contribution in [-0.4, -0.2) is 15.9 Å². The number of halogens is 4. The summed E-state index contributed by atoms with van der Waals surface area (Å²) >= 11 is 0. The number of nitrogens with zero attached hydrogens (tertiary/aromatic N) is 2. The number of ether oxygens (including phenoxy) is 1. The number of hydrogen-bond acceptors (Lipinski definition) is 3. The summed E-state index contributed by atoms with van der Waals surface area (Å²) in [5.74, 6) is -0.230. The molecule has 0 unspecified atom stereocenters. The maximum Gasteiger partial charge on any atom is 0.573 e. The molecule has 178 valence electrons. The molecule has 1 heterocycles. The number of rotatable bonds is 4. The van der Waals surface area contributed by atoms with Gasteiger partial charge in [-0.1, -0.05) is 27.7 Å². The van der Waals surface area contributed by atoms with Gasteiger partial charge in [0.05, 0.1) is 5.52 Å². The van der Waals surface area contributed by atoms with Crippen LogP contribution in [0.5, 0.6) is 5.75 Å². The number of imidazole rings is 1. The molecule has 2 aromatic carbocycles. The second kappa shape index (κ2) is 7.92. The fourth-order valence-electron chi connectivity index (χ4n) is 5.58. The van der Waals surface area contributed by atoms with Crippen LogP contribution in [0.3, 0.4) is 0 Å². The predicted octanol–water partition coefficient (Wildman–Crippen LogP) is 7.90. The maximum absolute atomic E-state index is 14.8. The van der Waals surface area contributed by atoms with Gasteiger partial charge in [0, 0.05) is 11.7 Å². The number of hydrogen-bond donors (Lipinski definition) is 1. The van der Waals surface area contributed by atoms with Crippen LogP contribution in [0.25, 0.3) is 11.0 Å². The van der Waals surface area contributed by atoms with Crippen LogP contribution >= 0.6 is 0 Å². The van der Waals surface area contributed by atoms with Crippen molar-refractivity contribution in [1.82, 2.24) is 9.55 Å². The fourth-order valence-corrected chi connectivity index (χ4v) is 5.58. The van der Waals surface area contributed by atoms with Crippen LogP contribution in [0.4, 0.5) is 29.2 Å². The molecule has 4 rings (SSSR count). The minimum Gasteiger partial charge on any atom is -0.406 e. The maximum atomic E-state index is 14.8. The van der Waals surface area contributed by atoms with Crippen molar-refractivity contribution in [2.24, 2.45) is 10.8 Å². The van der Waals surface area contributed by atoms with E-state index in [1.54, 1.807) is 0 Å². The molecule has 0 bridgehead atoms. The number of anilines is 2. The summed E-state index contributed by atoms with van der Waals surface area (Å²) in [6.07, 6.45) is -1.85. The molecule has 1 aliphatic carbocycles. The normalized spacial score (nSPS) is 18.5. The summed E-state index contributed by atoms with van der Waals surface area (Å²) < 4.78 is 58.3. The third-order valence-corrected chi connectivity index (χ3v) is 6.14. The Morgan fingerprint density at radius 1 is 1.03 bits per heavy atom. The van der Waals surface area contributed by atoms with Crippen LogP contribution < -0.4 is 10.1 Å². The predicted molar refractivity (Wildman–Crippen MR) is 121 cm³/mol. The van der Waals surface area contributed by atoms with E-state index < -0.39 is 12.2 Å². The van der Waals surface area contributed by atoms with Gasteiger partial charge in [0.2, 0.25) is 5.95 Å². The summed E-state index contributed by atoms with van der Waals surface area (Å²) in [7, 11) is 0. The first kappa shape index (κ1) is 23.4. The van der Waals surface area contributed by atoms with Gasteiger partial charge >= 0.3 is 6.36 Å². The Balaban J connectivity index is 1.76. The fraction of sp³-hybridized carbons (Fsp3) is 0.480. The lowest BCUT2D eigenvalue weighted by Crippen LogP contribution is -2.35. The lowest BCUT2D eigenvalue weighted by Gasteiger charge is -2.45. The van der Waals surface area contributed by atoms with Gasteiger partial charge in [-0.3, -0.25) is 0 Å². The van der Waals surface area contributed by atoms with Gasteiger partial charge in [-0.15, -0.1) is 13.2 Å². The zero-order valence-corrected chi connectivity index (χ0v) is 19.5. The highest BCUT2D eigenvalue weighted by atomic mass is 19.4. The smallest absolute Gasteiger partial charge is 0.406 e. The van der Waals surface area contributed by atoms with Crippen molar-refractivity contribution in [3.63, 3.8) is 0 Å². The van der Waals surface area contributed by atoms with Crippen molar-refractivity contribution in [3.8, 4) is 5.75 Å². The van der Waals surface area contributed by atoms with Crippen molar-refractivity contribution in [2.45, 2.75) is 66.3 Å². The van der Waals surface area contributed by atoms with E-state index in [0.717, 1.165) is 24.8 Å². The molecule has 0 aliphatic heterocycles. The van der Waals surface area contributed by atoms with Gasteiger partial charge in [-0.2, -0.15) is 0 Å². The van der Waals surface area contributed by atoms with Crippen molar-refractivity contribution in [2.75, 3.05) is 5.32 Å². The summed E-state index contributed by atoms with van der Waals surface area (Å²) in [4.78, 5) is 4.57. The molecule has 1 N–H and O–H groups in total. The lowest BCUT2D eigenvalue weighted by molar-refractivity contribution is -0.274. The Hall–Kier alpha value is -2.77. The molecule has 0 saturated heterocycles. The van der Waals surface area contributed by atoms with Crippen LogP contribution in [0.2, 0.25) is 0 Å². The number of fused-ring (bicyclic) bond motifs is 1. The molecule has 33 heavy (non-hydrogen) atoms. The number of aromatic nitrogens is 2. The summed E-state index contributed by atoms with van der Waals surface area (Å²) in [5, 5.41) is 3.20. The second-order valence-electron chi connectivity index (χ2n) is 10.7. The van der Waals surface area contributed by atoms with E-state index in [9.17, 15) is 17.6 Å². The Morgan fingerprint density at radius 3 is 2.21 bits per heavy atom. The molecule has 4 nitrogen and oxygen atoms in total. The topological polar surface area (TPSA) is 39.1 Å². The molecule has 0 spiro atoms. The monoisotopic (exact) mass is 463 g/mol. The van der Waals surface area contributed by atoms with E-state index in [1.807, 2.05) is 13.0 Å². The summed E-state index contributed by atoms with van der Waals surface area (Å²) in [6.45, 7) is 10.8. The minimum absolute atomic E-state index is 0.0882. The van der Waals surface area contributed by atoms with E-state index in [1.165, 1.54) is 30.3 Å². The van der Waals surface area contributed by atoms with Crippen molar-refractivity contribution < 1.29 is 22.3 Å². The van der Waals surface area contributed by atoms with Crippen molar-refractivity contribution >= 4 is 22.7 Å². The molecule has 1 aliphatic rings. The quantitative estimate of drug-likeness (QED) is 0.400. The first-order valence-electron chi connectivity index (χ1n) is 11.0. The highest BCUT2D eigenvalue weighted by molar-refractivity contribution is 5.81. The zero-order valence-electron chi connectivity index (χ0n) is 19.5. The highest BCUT2D eigenvalue weighted by Crippen LogP contribution is 2.51. The molecule has 0 atom stereocenters. The minimum atomic E-state index is -4.75. The molecule has 1 aromatic heterocycles. The molecule has 0 radical (unpaired) electrons. The standard InChI is InChI=1S/C25H29F4N3O/c1-15-10-19(26)21-20(11-15)32(17-12-23(2,3)14-24(4,5)13-17)22(31-21)30-16-6-8-18(9-7-16)33-25(27,28)29/h6-11,17H,12-14H2,1-5H3,(H,30,31). The third kappa shape index (κ3) is 5.25. The van der Waals surface area contributed by atoms with Gasteiger partial charge in [-0.25, -0.2) is 9.37 Å². The Morgan fingerprint density at radius 2 is 1.64 bits per heavy atom. The van der Waals surface area contributed by atoms with Gasteiger partial charge in [0.15, 0.2) is 5.82 Å². The number of alkyl halides is 3. The number of benzene rings is 2. The van der Waals surface area contributed by atoms with E-state index in [2.05, 4.69) is 47.3 Å². The van der Waals surface area contributed by atoms with Gasteiger partial charge in [-0.05, 0) is 79.0 Å². The van der Waals surface area contributed by atoms with Crippen LogP contribution in [0.15, 0.2) is 36.4 Å². The average molecular weight is 464 g/mol. The summed E-state index contributed by atoms with van der Waals surface area (Å²) in [6, 6.07) is 8.93. The largest absolute Gasteiger partial charge is 0.573 e. The van der Waals surface area contributed by atoms with Gasteiger partial charge in [0.1, 0.15) is 11.3 Å². The van der Waals surface area contributed by atoms with Gasteiger partial charge < -0.3 is 14.6 Å². The van der Waals surface area contributed by atoms with E-state index in [0.29, 0.717) is 17.2 Å². The van der Waals surface area contributed by atoms with Crippen molar-refractivity contribution in [3.05, 3.63) is 47.8 Å². The second-order valence-corrected chi connectivity index (χ2v) is 10.7. The first-order chi connectivity index (χ1) is 15.2. The van der Waals surface area contributed by atoms with Crippen LogP contribution in [0.1, 0.15) is 58.6 Å². The van der Waals surface area contributed by atoms with E-state index in [-0.39, 0.29) is 28.1 Å². The Bertz CT molecular complexity index is 1150. The van der Waals surface area contributed by atoms with E-state index >= 15 is 0 Å². The zero-order chi connectivity index (χ0) is 24.2. The molecular formula is C25H29F4N3O. The molecule has 1 saturated carbocycles. The number of nitrogens with one attached hydrogen (secondary N) is 1. The molecule has 8 heteroatoms. The molecule has 3 aromatic rings. The highest BCUT2D eigenvalue weighted by Gasteiger charge is 2.40. The third-order valence-electron chi connectivity index (χ3n) is 6.14. The number of aryl methyl sites for hydroxylation is 1. The molecular weight excluding hydrogens is 434 g/mol.